The molecule has 0 aliphatic rings. The summed E-state index contributed by atoms with van der Waals surface area (Å²) >= 11 is 0. The number of aromatic carboxylic acids is 1. The Morgan fingerprint density at radius 1 is 1.50 bits per heavy atom. The number of halogens is 1. The third kappa shape index (κ3) is 2.42. The molecule has 0 bridgehead atoms. The van der Waals surface area contributed by atoms with Crippen LogP contribution in [-0.4, -0.2) is 11.1 Å². The SMILES string of the molecule is Nc1cc(F)c(NCc2ccco2)cc1C(=O)O. The van der Waals surface area contributed by atoms with E-state index < -0.39 is 11.8 Å². The van der Waals surface area contributed by atoms with Gasteiger partial charge in [0.25, 0.3) is 0 Å². The van der Waals surface area contributed by atoms with Crippen LogP contribution in [0.15, 0.2) is 34.9 Å². The Bertz CT molecular complexity index is 567. The molecular formula is C12H11FN2O3. The van der Waals surface area contributed by atoms with Crippen molar-refractivity contribution in [2.45, 2.75) is 6.54 Å². The zero-order chi connectivity index (χ0) is 13.1. The molecule has 1 aromatic heterocycles. The van der Waals surface area contributed by atoms with Gasteiger partial charge in [0.1, 0.15) is 11.6 Å². The molecule has 94 valence electrons. The maximum absolute atomic E-state index is 13.6. The molecule has 0 fully saturated rings. The molecule has 4 N–H and O–H groups in total. The van der Waals surface area contributed by atoms with Crippen molar-refractivity contribution >= 4 is 17.3 Å². The molecule has 0 aliphatic carbocycles. The minimum Gasteiger partial charge on any atom is -0.478 e. The topological polar surface area (TPSA) is 88.5 Å². The van der Waals surface area contributed by atoms with E-state index in [0.29, 0.717) is 5.76 Å². The number of furan rings is 1. The lowest BCUT2D eigenvalue weighted by molar-refractivity contribution is 0.0698. The molecule has 18 heavy (non-hydrogen) atoms. The summed E-state index contributed by atoms with van der Waals surface area (Å²) < 4.78 is 18.6. The smallest absolute Gasteiger partial charge is 0.337 e. The lowest BCUT2D eigenvalue weighted by atomic mass is 10.1. The summed E-state index contributed by atoms with van der Waals surface area (Å²) in [6, 6.07) is 5.57. The average molecular weight is 250 g/mol. The first-order valence-corrected chi connectivity index (χ1v) is 5.16. The summed E-state index contributed by atoms with van der Waals surface area (Å²) in [6.07, 6.45) is 1.50. The molecule has 2 rings (SSSR count). The largest absolute Gasteiger partial charge is 0.478 e. The summed E-state index contributed by atoms with van der Waals surface area (Å²) in [7, 11) is 0. The highest BCUT2D eigenvalue weighted by Gasteiger charge is 2.13. The fourth-order valence-electron chi connectivity index (χ4n) is 1.50. The number of anilines is 2. The van der Waals surface area contributed by atoms with Crippen molar-refractivity contribution in [2.75, 3.05) is 11.1 Å². The number of nitrogens with two attached hydrogens (primary N) is 1. The number of carboxylic acid groups (broad SMARTS) is 1. The maximum Gasteiger partial charge on any atom is 0.337 e. The maximum atomic E-state index is 13.6. The summed E-state index contributed by atoms with van der Waals surface area (Å²) in [4.78, 5) is 10.9. The average Bonchev–Trinajstić information content (AvgIpc) is 2.80. The van der Waals surface area contributed by atoms with Gasteiger partial charge in [-0.05, 0) is 24.3 Å². The fraction of sp³-hybridized carbons (Fsp3) is 0.0833. The number of rotatable bonds is 4. The predicted molar refractivity (Wildman–Crippen MR) is 63.8 cm³/mol. The van der Waals surface area contributed by atoms with Crippen molar-refractivity contribution < 1.29 is 18.7 Å². The van der Waals surface area contributed by atoms with Crippen LogP contribution in [0.3, 0.4) is 0 Å². The highest BCUT2D eigenvalue weighted by atomic mass is 19.1. The van der Waals surface area contributed by atoms with Gasteiger partial charge in [-0.1, -0.05) is 0 Å². The number of nitrogens with one attached hydrogen (secondary N) is 1. The summed E-state index contributed by atoms with van der Waals surface area (Å²) in [5, 5.41) is 11.6. The molecule has 2 aromatic rings. The Hall–Kier alpha value is -2.50. The van der Waals surface area contributed by atoms with Gasteiger partial charge >= 0.3 is 5.97 Å². The van der Waals surface area contributed by atoms with Crippen LogP contribution >= 0.6 is 0 Å². The third-order valence-electron chi connectivity index (χ3n) is 2.40. The minimum atomic E-state index is -1.20. The van der Waals surface area contributed by atoms with Crippen LogP contribution in [0.5, 0.6) is 0 Å². The molecule has 0 amide bonds. The molecule has 0 unspecified atom stereocenters. The number of carboxylic acids is 1. The van der Waals surface area contributed by atoms with Crippen LogP contribution in [0, 0.1) is 5.82 Å². The van der Waals surface area contributed by atoms with Crippen LogP contribution < -0.4 is 11.1 Å². The number of benzene rings is 1. The number of hydrogen-bond donors (Lipinski definition) is 3. The van der Waals surface area contributed by atoms with Crippen molar-refractivity contribution in [2.24, 2.45) is 0 Å². The van der Waals surface area contributed by atoms with Gasteiger partial charge < -0.3 is 20.6 Å². The van der Waals surface area contributed by atoms with Crippen LogP contribution in [-0.2, 0) is 6.54 Å². The lowest BCUT2D eigenvalue weighted by Crippen LogP contribution is -2.07. The molecular weight excluding hydrogens is 239 g/mol. The Morgan fingerprint density at radius 3 is 2.89 bits per heavy atom. The monoisotopic (exact) mass is 250 g/mol. The van der Waals surface area contributed by atoms with Gasteiger partial charge in [-0.3, -0.25) is 0 Å². The van der Waals surface area contributed by atoms with Gasteiger partial charge in [0, 0.05) is 5.69 Å². The van der Waals surface area contributed by atoms with E-state index in [4.69, 9.17) is 15.3 Å². The second-order valence-electron chi connectivity index (χ2n) is 3.66. The van der Waals surface area contributed by atoms with Crippen molar-refractivity contribution in [3.8, 4) is 0 Å². The summed E-state index contributed by atoms with van der Waals surface area (Å²) in [6.45, 7) is 0.257. The van der Waals surface area contributed by atoms with Crippen LogP contribution in [0.1, 0.15) is 16.1 Å². The first-order chi connectivity index (χ1) is 8.58. The Labute approximate surface area is 102 Å². The first-order valence-electron chi connectivity index (χ1n) is 5.16. The van der Waals surface area contributed by atoms with E-state index in [1.165, 1.54) is 6.26 Å². The molecule has 0 atom stereocenters. The molecule has 0 saturated carbocycles. The van der Waals surface area contributed by atoms with E-state index in [1.807, 2.05) is 0 Å². The van der Waals surface area contributed by atoms with Crippen molar-refractivity contribution in [3.05, 3.63) is 47.7 Å². The molecule has 1 aromatic carbocycles. The Morgan fingerprint density at radius 2 is 2.28 bits per heavy atom. The highest BCUT2D eigenvalue weighted by molar-refractivity contribution is 5.94. The molecule has 6 heteroatoms. The van der Waals surface area contributed by atoms with E-state index in [9.17, 15) is 9.18 Å². The van der Waals surface area contributed by atoms with Gasteiger partial charge in [-0.2, -0.15) is 0 Å². The molecule has 0 spiro atoms. The van der Waals surface area contributed by atoms with Gasteiger partial charge in [0.15, 0.2) is 0 Å². The van der Waals surface area contributed by atoms with Crippen molar-refractivity contribution in [1.29, 1.82) is 0 Å². The number of carbonyl (C=O) groups is 1. The van der Waals surface area contributed by atoms with Gasteiger partial charge in [0.05, 0.1) is 24.1 Å². The van der Waals surface area contributed by atoms with Gasteiger partial charge in [-0.15, -0.1) is 0 Å². The van der Waals surface area contributed by atoms with E-state index in [2.05, 4.69) is 5.32 Å². The summed E-state index contributed by atoms with van der Waals surface area (Å²) in [5.74, 6) is -1.19. The van der Waals surface area contributed by atoms with Crippen LogP contribution in [0.2, 0.25) is 0 Å². The second kappa shape index (κ2) is 4.79. The normalized spacial score (nSPS) is 10.3. The quantitative estimate of drug-likeness (QED) is 0.724. The standard InChI is InChI=1S/C12H11FN2O3/c13-9-5-10(14)8(12(16)17)4-11(9)15-6-7-2-1-3-18-7/h1-5,15H,6,14H2,(H,16,17). The lowest BCUT2D eigenvalue weighted by Gasteiger charge is -2.09. The molecule has 0 aliphatic heterocycles. The zero-order valence-electron chi connectivity index (χ0n) is 9.31. The third-order valence-corrected chi connectivity index (χ3v) is 2.40. The number of nitrogen functional groups attached to an aromatic ring is 1. The van der Waals surface area contributed by atoms with Crippen molar-refractivity contribution in [1.82, 2.24) is 0 Å². The second-order valence-corrected chi connectivity index (χ2v) is 3.66. The van der Waals surface area contributed by atoms with Crippen LogP contribution in [0.4, 0.5) is 15.8 Å². The molecule has 0 saturated heterocycles. The molecule has 1 heterocycles. The number of hydrogen-bond acceptors (Lipinski definition) is 4. The van der Waals surface area contributed by atoms with Gasteiger partial charge in [-0.25, -0.2) is 9.18 Å². The minimum absolute atomic E-state index is 0.0676. The van der Waals surface area contributed by atoms with E-state index in [-0.39, 0.29) is 23.5 Å². The molecule has 5 nitrogen and oxygen atoms in total. The Balaban J connectivity index is 2.22. The van der Waals surface area contributed by atoms with Crippen molar-refractivity contribution in [3.63, 3.8) is 0 Å². The zero-order valence-corrected chi connectivity index (χ0v) is 9.31. The van der Waals surface area contributed by atoms with E-state index in [1.54, 1.807) is 12.1 Å². The highest BCUT2D eigenvalue weighted by Crippen LogP contribution is 2.22. The van der Waals surface area contributed by atoms with E-state index in [0.717, 1.165) is 12.1 Å². The Kier molecular flexibility index (Phi) is 3.18. The molecule has 0 radical (unpaired) electrons. The summed E-state index contributed by atoms with van der Waals surface area (Å²) in [5.41, 5.74) is 5.23. The van der Waals surface area contributed by atoms with Gasteiger partial charge in [0.2, 0.25) is 0 Å². The van der Waals surface area contributed by atoms with E-state index >= 15 is 0 Å². The fourth-order valence-corrected chi connectivity index (χ4v) is 1.50. The predicted octanol–water partition coefficient (Wildman–Crippen LogP) is 2.31. The first kappa shape index (κ1) is 12.0. The van der Waals surface area contributed by atoms with Crippen LogP contribution in [0.25, 0.3) is 0 Å².